The Bertz CT molecular complexity index is 1850. The number of ether oxygens (including phenoxy) is 9. The molecule has 74 heavy (non-hydrogen) atoms. The lowest BCUT2D eigenvalue weighted by Crippen LogP contribution is -2.67. The van der Waals surface area contributed by atoms with Gasteiger partial charge < -0.3 is 114 Å². The molecule has 5 saturated heterocycles. The molecule has 428 valence electrons. The Morgan fingerprint density at radius 2 is 1.12 bits per heavy atom. The third kappa shape index (κ3) is 10.3. The Balaban J connectivity index is 0.835. The minimum atomic E-state index is -1.85. The molecular weight excluding hydrogens is 981 g/mol. The van der Waals surface area contributed by atoms with Gasteiger partial charge in [-0.1, -0.05) is 27.7 Å². The highest BCUT2D eigenvalue weighted by Crippen LogP contribution is 2.71. The van der Waals surface area contributed by atoms with Crippen molar-refractivity contribution < 1.29 is 114 Å². The van der Waals surface area contributed by atoms with E-state index in [1.54, 1.807) is 0 Å². The van der Waals surface area contributed by atoms with Gasteiger partial charge in [-0.25, -0.2) is 0 Å². The molecule has 23 heteroatoms. The lowest BCUT2D eigenvalue weighted by atomic mass is 9.44. The number of hydrogen-bond donors (Lipinski definition) is 14. The van der Waals surface area contributed by atoms with Gasteiger partial charge in [0.1, 0.15) is 91.6 Å². The van der Waals surface area contributed by atoms with Crippen molar-refractivity contribution in [2.24, 2.45) is 52.3 Å². The first-order valence-corrected chi connectivity index (χ1v) is 27.2. The van der Waals surface area contributed by atoms with Gasteiger partial charge in [0.25, 0.3) is 0 Å². The summed E-state index contributed by atoms with van der Waals surface area (Å²) in [7, 11) is 0. The molecule has 23 nitrogen and oxygen atoms in total. The summed E-state index contributed by atoms with van der Waals surface area (Å²) < 4.78 is 54.5. The van der Waals surface area contributed by atoms with Crippen LogP contribution < -0.4 is 0 Å². The molecule has 4 aliphatic carbocycles. The second-order valence-corrected chi connectivity index (χ2v) is 24.3. The van der Waals surface area contributed by atoms with Gasteiger partial charge in [0.15, 0.2) is 30.9 Å². The van der Waals surface area contributed by atoms with Gasteiger partial charge in [0.05, 0.1) is 44.7 Å². The first kappa shape index (κ1) is 57.8. The minimum absolute atomic E-state index is 0.0231. The summed E-state index contributed by atoms with van der Waals surface area (Å²) in [6.07, 6.45) is -22.8. The molecule has 5 heterocycles. The molecule has 0 bridgehead atoms. The molecule has 9 fully saturated rings. The van der Waals surface area contributed by atoms with Crippen LogP contribution in [0.2, 0.25) is 0 Å². The zero-order valence-corrected chi connectivity index (χ0v) is 43.1. The molecule has 0 unspecified atom stereocenters. The number of fused-ring (bicyclic) bond motifs is 7. The van der Waals surface area contributed by atoms with Crippen LogP contribution in [0.15, 0.2) is 0 Å². The number of rotatable bonds is 15. The van der Waals surface area contributed by atoms with Crippen molar-refractivity contribution in [3.8, 4) is 0 Å². The monoisotopic (exact) mass is 1070 g/mol. The number of aliphatic hydroxyl groups is 14. The predicted molar refractivity (Wildman–Crippen MR) is 250 cm³/mol. The summed E-state index contributed by atoms with van der Waals surface area (Å²) in [4.78, 5) is 0. The molecule has 0 aromatic heterocycles. The zero-order chi connectivity index (χ0) is 53.5. The third-order valence-electron chi connectivity index (χ3n) is 20.1. The fraction of sp³-hybridized carbons (Fsp3) is 1.00. The predicted octanol–water partition coefficient (Wildman–Crippen LogP) is -2.93. The molecule has 14 N–H and O–H groups in total. The topological polar surface area (TPSA) is 366 Å². The summed E-state index contributed by atoms with van der Waals surface area (Å²) in [5.41, 5.74) is -0.0673. The second-order valence-electron chi connectivity index (χ2n) is 24.3. The Labute approximate surface area is 431 Å². The van der Waals surface area contributed by atoms with Crippen LogP contribution in [0.1, 0.15) is 98.8 Å². The van der Waals surface area contributed by atoms with Crippen molar-refractivity contribution in [2.75, 3.05) is 26.4 Å². The summed E-state index contributed by atoms with van der Waals surface area (Å²) >= 11 is 0. The Morgan fingerprint density at radius 3 is 1.77 bits per heavy atom. The first-order valence-electron chi connectivity index (χ1n) is 27.2. The van der Waals surface area contributed by atoms with Crippen LogP contribution >= 0.6 is 0 Å². The summed E-state index contributed by atoms with van der Waals surface area (Å²) in [6, 6.07) is 0. The van der Waals surface area contributed by atoms with Gasteiger partial charge in [-0.05, 0) is 111 Å². The van der Waals surface area contributed by atoms with Crippen molar-refractivity contribution in [1.29, 1.82) is 0 Å². The van der Waals surface area contributed by atoms with E-state index in [0.29, 0.717) is 43.4 Å². The normalized spacial score (nSPS) is 56.0. The molecule has 9 aliphatic rings. The van der Waals surface area contributed by atoms with E-state index >= 15 is 0 Å². The SMILES string of the molecule is C[C@@H](CC[C@@]1(O)O[C@H]2C[C@H]3[C@@H]4CC[C@@H]5C[C@@H](O[C@@H]6O[C@H](CO)[C@@H](O[C@@H]7O[C@@H](C)[C@H](O)[C@@H](O)[C@H]7O)[C@H](O)[C@H]6O[C@@H]6O[C@H](CO)[C@@H](O)[C@H](O)[C@H]6O)CC[C@]5(C)[C@H]4CC[C@]3(C)[C@H]2[C@@H]1C)CO[C@@H]1O[C@H](CO)[C@@H](O)[C@H](O)[C@H]1O. The van der Waals surface area contributed by atoms with Crippen LogP contribution in [-0.2, 0) is 42.6 Å². The summed E-state index contributed by atoms with van der Waals surface area (Å²) in [5.74, 6) is 0.175. The largest absolute Gasteiger partial charge is 0.394 e. The highest BCUT2D eigenvalue weighted by atomic mass is 16.8. The highest BCUT2D eigenvalue weighted by Gasteiger charge is 2.68. The average molecular weight is 1070 g/mol. The fourth-order valence-electron chi connectivity index (χ4n) is 15.6. The van der Waals surface area contributed by atoms with Crippen LogP contribution in [0.5, 0.6) is 0 Å². The zero-order valence-electron chi connectivity index (χ0n) is 43.1. The molecular formula is C51H86O23. The van der Waals surface area contributed by atoms with Crippen LogP contribution in [0, 0.1) is 52.3 Å². The van der Waals surface area contributed by atoms with Gasteiger partial charge in [0, 0.05) is 12.3 Å². The van der Waals surface area contributed by atoms with E-state index in [1.807, 2.05) is 6.92 Å². The maximum atomic E-state index is 12.1. The van der Waals surface area contributed by atoms with E-state index < -0.39 is 155 Å². The minimum Gasteiger partial charge on any atom is -0.394 e. The average Bonchev–Trinajstić information content (AvgIpc) is 3.82. The van der Waals surface area contributed by atoms with Gasteiger partial charge in [-0.3, -0.25) is 0 Å². The van der Waals surface area contributed by atoms with Gasteiger partial charge >= 0.3 is 0 Å². The van der Waals surface area contributed by atoms with Crippen molar-refractivity contribution in [3.05, 3.63) is 0 Å². The van der Waals surface area contributed by atoms with Crippen LogP contribution in [0.4, 0.5) is 0 Å². The molecule has 32 atom stereocenters. The van der Waals surface area contributed by atoms with Crippen molar-refractivity contribution in [3.63, 3.8) is 0 Å². The van der Waals surface area contributed by atoms with Crippen LogP contribution in [-0.4, -0.2) is 239 Å². The molecule has 0 spiro atoms. The van der Waals surface area contributed by atoms with E-state index in [9.17, 15) is 71.5 Å². The summed E-state index contributed by atoms with van der Waals surface area (Å²) in [6.45, 7) is 8.47. The van der Waals surface area contributed by atoms with E-state index in [4.69, 9.17) is 42.6 Å². The number of hydrogen-bond acceptors (Lipinski definition) is 23. The molecule has 0 amide bonds. The van der Waals surface area contributed by atoms with Crippen LogP contribution in [0.3, 0.4) is 0 Å². The highest BCUT2D eigenvalue weighted by molar-refractivity contribution is 5.15. The Kier molecular flexibility index (Phi) is 17.6. The lowest BCUT2D eigenvalue weighted by molar-refractivity contribution is -0.391. The van der Waals surface area contributed by atoms with Gasteiger partial charge in [0.2, 0.25) is 0 Å². The maximum absolute atomic E-state index is 12.1. The quantitative estimate of drug-likeness (QED) is 0.0730. The smallest absolute Gasteiger partial charge is 0.187 e. The molecule has 9 rings (SSSR count). The first-order chi connectivity index (χ1) is 35.0. The van der Waals surface area contributed by atoms with Crippen LogP contribution in [0.25, 0.3) is 0 Å². The Hall–Kier alpha value is -0.920. The maximum Gasteiger partial charge on any atom is 0.187 e. The molecule has 5 aliphatic heterocycles. The molecule has 0 aromatic rings. The number of aliphatic hydroxyl groups excluding tert-OH is 13. The Morgan fingerprint density at radius 1 is 0.554 bits per heavy atom. The van der Waals surface area contributed by atoms with Crippen molar-refractivity contribution >= 4 is 0 Å². The molecule has 4 saturated carbocycles. The fourth-order valence-corrected chi connectivity index (χ4v) is 15.6. The van der Waals surface area contributed by atoms with E-state index in [0.717, 1.165) is 38.5 Å². The summed E-state index contributed by atoms with van der Waals surface area (Å²) in [5, 5.41) is 149. The van der Waals surface area contributed by atoms with E-state index in [2.05, 4.69) is 20.8 Å². The molecule has 0 radical (unpaired) electrons. The molecule has 0 aromatic carbocycles. The standard InChI is InChI=1S/C51H86O23/c1-20(19-66-45-39(61)37(59)34(56)29(16-52)69-45)8-13-51(65)21(2)32-28(74-51)15-27-25-7-6-23-14-24(9-11-49(23,4)26(25)10-12-50(27,32)5)68-48-44(73-47-41(63)38(60)35(57)30(17-53)70-47)42(64)43(31(18-54)71-48)72-46-40(62)36(58)33(55)22(3)67-46/h20-48,52-65H,6-19H2,1-5H3/t20-,21-,22-,23+,24-,25+,26-,27-,28-,29+,30+,31+,32-,33-,34+,35+,36+,37-,38-,39+,40+,41+,42-,43+,44+,45+,46-,47-,48+,49-,50-,51+/m0/s1. The van der Waals surface area contributed by atoms with E-state index in [-0.39, 0.29) is 47.2 Å². The van der Waals surface area contributed by atoms with Crippen molar-refractivity contribution in [1.82, 2.24) is 0 Å². The third-order valence-corrected chi connectivity index (χ3v) is 20.1. The van der Waals surface area contributed by atoms with Gasteiger partial charge in [-0.15, -0.1) is 0 Å². The van der Waals surface area contributed by atoms with E-state index in [1.165, 1.54) is 6.92 Å². The lowest BCUT2D eigenvalue weighted by Gasteiger charge is -2.61. The van der Waals surface area contributed by atoms with Gasteiger partial charge in [-0.2, -0.15) is 0 Å². The van der Waals surface area contributed by atoms with Crippen molar-refractivity contribution in [2.45, 2.75) is 240 Å². The second kappa shape index (κ2) is 22.6.